The molecule has 0 bridgehead atoms. The van der Waals surface area contributed by atoms with E-state index in [1.807, 2.05) is 18.7 Å². The van der Waals surface area contributed by atoms with E-state index in [1.54, 1.807) is 6.07 Å². The predicted molar refractivity (Wildman–Crippen MR) is 67.3 cm³/mol. The molecule has 1 aromatic heterocycles. The number of nitrogens with one attached hydrogen (secondary N) is 1. The lowest BCUT2D eigenvalue weighted by Crippen LogP contribution is -2.22. The van der Waals surface area contributed by atoms with Crippen LogP contribution in [0.5, 0.6) is 0 Å². The number of aromatic nitrogens is 2. The van der Waals surface area contributed by atoms with Gasteiger partial charge in [0.2, 0.25) is 0 Å². The maximum atomic E-state index is 5.65. The monoisotopic (exact) mass is 226 g/mol. The summed E-state index contributed by atoms with van der Waals surface area (Å²) in [6.45, 7) is 4.00. The second-order valence-corrected chi connectivity index (χ2v) is 4.34. The maximum Gasteiger partial charge on any atom is 0.132 e. The fourth-order valence-electron chi connectivity index (χ4n) is 1.34. The average Bonchev–Trinajstić information content (AvgIpc) is 2.15. The van der Waals surface area contributed by atoms with Crippen molar-refractivity contribution in [2.45, 2.75) is 26.3 Å². The lowest BCUT2D eigenvalue weighted by molar-refractivity contribution is 0.768. The Balaban J connectivity index is 2.69. The highest BCUT2D eigenvalue weighted by molar-refractivity contribution is 7.98. The molecule has 5 heteroatoms. The molecule has 84 valence electrons. The van der Waals surface area contributed by atoms with E-state index in [1.165, 1.54) is 0 Å². The van der Waals surface area contributed by atoms with Gasteiger partial charge in [0.05, 0.1) is 0 Å². The number of hydrogen-bond acceptors (Lipinski definition) is 5. The van der Waals surface area contributed by atoms with Crippen LogP contribution in [0.25, 0.3) is 0 Å². The Morgan fingerprint density at radius 2 is 2.27 bits per heavy atom. The van der Waals surface area contributed by atoms with Gasteiger partial charge in [-0.3, -0.25) is 0 Å². The number of nitrogen functional groups attached to an aromatic ring is 1. The van der Waals surface area contributed by atoms with Crippen LogP contribution in [0.15, 0.2) is 6.07 Å². The third-order valence-electron chi connectivity index (χ3n) is 2.07. The van der Waals surface area contributed by atoms with Crippen LogP contribution in [-0.4, -0.2) is 28.0 Å². The minimum Gasteiger partial charge on any atom is -0.384 e. The van der Waals surface area contributed by atoms with E-state index in [0.29, 0.717) is 17.7 Å². The van der Waals surface area contributed by atoms with Gasteiger partial charge >= 0.3 is 0 Å². The van der Waals surface area contributed by atoms with E-state index in [0.717, 1.165) is 18.0 Å². The van der Waals surface area contributed by atoms with E-state index in [9.17, 15) is 0 Å². The summed E-state index contributed by atoms with van der Waals surface area (Å²) in [5.74, 6) is 3.11. The first-order valence-electron chi connectivity index (χ1n) is 5.02. The van der Waals surface area contributed by atoms with Gasteiger partial charge in [-0.25, -0.2) is 9.97 Å². The summed E-state index contributed by atoms with van der Waals surface area (Å²) in [5, 5.41) is 3.36. The van der Waals surface area contributed by atoms with Crippen LogP contribution in [0.3, 0.4) is 0 Å². The third-order valence-corrected chi connectivity index (χ3v) is 2.81. The van der Waals surface area contributed by atoms with Crippen molar-refractivity contribution in [2.75, 3.05) is 23.1 Å². The maximum absolute atomic E-state index is 5.65. The first-order chi connectivity index (χ1) is 7.15. The molecule has 4 nitrogen and oxygen atoms in total. The fraction of sp³-hybridized carbons (Fsp3) is 0.600. The van der Waals surface area contributed by atoms with Crippen molar-refractivity contribution in [1.29, 1.82) is 0 Å². The Bertz CT molecular complexity index is 296. The Hall–Kier alpha value is -0.970. The highest BCUT2D eigenvalue weighted by Gasteiger charge is 2.06. The van der Waals surface area contributed by atoms with Crippen LogP contribution in [-0.2, 0) is 0 Å². The molecule has 1 unspecified atom stereocenters. The van der Waals surface area contributed by atoms with E-state index >= 15 is 0 Å². The number of rotatable bonds is 5. The summed E-state index contributed by atoms with van der Waals surface area (Å²) in [5.41, 5.74) is 5.65. The molecule has 0 radical (unpaired) electrons. The Morgan fingerprint density at radius 1 is 1.53 bits per heavy atom. The standard InChI is InChI=1S/C10H18N4S/c1-4-8(6-15-3)14-10-5-9(11)12-7(2)13-10/h5,8H,4,6H2,1-3H3,(H3,11,12,13,14). The van der Waals surface area contributed by atoms with Crippen molar-refractivity contribution < 1.29 is 0 Å². The van der Waals surface area contributed by atoms with Gasteiger partial charge in [0.25, 0.3) is 0 Å². The van der Waals surface area contributed by atoms with Crippen molar-refractivity contribution in [3.05, 3.63) is 11.9 Å². The molecular weight excluding hydrogens is 208 g/mol. The lowest BCUT2D eigenvalue weighted by atomic mass is 10.2. The van der Waals surface area contributed by atoms with Crippen molar-refractivity contribution in [3.8, 4) is 0 Å². The molecule has 1 aromatic rings. The topological polar surface area (TPSA) is 63.8 Å². The van der Waals surface area contributed by atoms with Crippen LogP contribution in [0.1, 0.15) is 19.2 Å². The summed E-state index contributed by atoms with van der Waals surface area (Å²) in [7, 11) is 0. The molecule has 15 heavy (non-hydrogen) atoms. The van der Waals surface area contributed by atoms with E-state index in [2.05, 4.69) is 28.5 Å². The largest absolute Gasteiger partial charge is 0.384 e. The van der Waals surface area contributed by atoms with Gasteiger partial charge in [0.15, 0.2) is 0 Å². The van der Waals surface area contributed by atoms with Gasteiger partial charge in [-0.2, -0.15) is 11.8 Å². The zero-order valence-corrected chi connectivity index (χ0v) is 10.3. The molecule has 1 heterocycles. The summed E-state index contributed by atoms with van der Waals surface area (Å²) < 4.78 is 0. The Labute approximate surface area is 95.1 Å². The Morgan fingerprint density at radius 3 is 2.80 bits per heavy atom. The first-order valence-corrected chi connectivity index (χ1v) is 6.41. The first kappa shape index (κ1) is 12.1. The average molecular weight is 226 g/mol. The molecule has 0 saturated carbocycles. The third kappa shape index (κ3) is 3.95. The molecule has 1 rings (SSSR count). The van der Waals surface area contributed by atoms with Gasteiger partial charge < -0.3 is 11.1 Å². The fourth-order valence-corrected chi connectivity index (χ4v) is 2.06. The zero-order chi connectivity index (χ0) is 11.3. The van der Waals surface area contributed by atoms with Crippen molar-refractivity contribution >= 4 is 23.4 Å². The SMILES string of the molecule is CCC(CSC)Nc1cc(N)nc(C)n1. The van der Waals surface area contributed by atoms with E-state index in [4.69, 9.17) is 5.73 Å². The van der Waals surface area contributed by atoms with Crippen molar-refractivity contribution in [3.63, 3.8) is 0 Å². The van der Waals surface area contributed by atoms with Crippen molar-refractivity contribution in [2.24, 2.45) is 0 Å². The second-order valence-electron chi connectivity index (χ2n) is 3.43. The molecule has 0 fully saturated rings. The molecule has 0 aromatic carbocycles. The van der Waals surface area contributed by atoms with Gasteiger partial charge in [0, 0.05) is 17.9 Å². The highest BCUT2D eigenvalue weighted by Crippen LogP contribution is 2.12. The molecule has 0 amide bonds. The molecule has 0 aliphatic carbocycles. The number of anilines is 2. The number of thioether (sulfide) groups is 1. The van der Waals surface area contributed by atoms with Crippen LogP contribution in [0, 0.1) is 6.92 Å². The van der Waals surface area contributed by atoms with E-state index in [-0.39, 0.29) is 0 Å². The van der Waals surface area contributed by atoms with Crippen molar-refractivity contribution in [1.82, 2.24) is 9.97 Å². The molecule has 0 saturated heterocycles. The number of hydrogen-bond donors (Lipinski definition) is 2. The number of nitrogens with two attached hydrogens (primary N) is 1. The summed E-state index contributed by atoms with van der Waals surface area (Å²) in [6, 6.07) is 2.21. The molecule has 0 aliphatic rings. The second kappa shape index (κ2) is 5.80. The molecular formula is C10H18N4S. The number of nitrogens with zero attached hydrogens (tertiary/aromatic N) is 2. The molecule has 1 atom stereocenters. The highest BCUT2D eigenvalue weighted by atomic mass is 32.2. The van der Waals surface area contributed by atoms with Crippen LogP contribution in [0.2, 0.25) is 0 Å². The van der Waals surface area contributed by atoms with Crippen LogP contribution >= 0.6 is 11.8 Å². The van der Waals surface area contributed by atoms with Gasteiger partial charge in [0.1, 0.15) is 17.5 Å². The quantitative estimate of drug-likeness (QED) is 0.803. The minimum absolute atomic E-state index is 0.439. The molecule has 0 aliphatic heterocycles. The van der Waals surface area contributed by atoms with E-state index < -0.39 is 0 Å². The van der Waals surface area contributed by atoms with Gasteiger partial charge in [-0.05, 0) is 19.6 Å². The minimum atomic E-state index is 0.439. The van der Waals surface area contributed by atoms with Crippen LogP contribution in [0.4, 0.5) is 11.6 Å². The Kier molecular flexibility index (Phi) is 4.68. The normalized spacial score (nSPS) is 12.5. The predicted octanol–water partition coefficient (Wildman–Crippen LogP) is 1.92. The molecule has 3 N–H and O–H groups in total. The van der Waals surface area contributed by atoms with Crippen LogP contribution < -0.4 is 11.1 Å². The lowest BCUT2D eigenvalue weighted by Gasteiger charge is -2.16. The van der Waals surface area contributed by atoms with Gasteiger partial charge in [-0.15, -0.1) is 0 Å². The summed E-state index contributed by atoms with van der Waals surface area (Å²) in [6.07, 6.45) is 3.17. The molecule has 0 spiro atoms. The smallest absolute Gasteiger partial charge is 0.132 e. The number of aryl methyl sites for hydroxylation is 1. The zero-order valence-electron chi connectivity index (χ0n) is 9.45. The summed E-state index contributed by atoms with van der Waals surface area (Å²) in [4.78, 5) is 8.33. The summed E-state index contributed by atoms with van der Waals surface area (Å²) >= 11 is 1.82. The van der Waals surface area contributed by atoms with Gasteiger partial charge in [-0.1, -0.05) is 6.92 Å².